The lowest BCUT2D eigenvalue weighted by molar-refractivity contribution is 0.603. The van der Waals surface area contributed by atoms with E-state index in [0.717, 1.165) is 22.9 Å². The maximum Gasteiger partial charge on any atom is 0.219 e. The van der Waals surface area contributed by atoms with Gasteiger partial charge in [0.1, 0.15) is 11.6 Å². The normalized spacial score (nSPS) is 10.5. The van der Waals surface area contributed by atoms with Gasteiger partial charge in [0.25, 0.3) is 0 Å². The summed E-state index contributed by atoms with van der Waals surface area (Å²) in [5.41, 5.74) is 5.61. The van der Waals surface area contributed by atoms with Crippen molar-refractivity contribution < 1.29 is 8.78 Å². The number of nitrogens with zero attached hydrogens (tertiary/aromatic N) is 2. The van der Waals surface area contributed by atoms with Gasteiger partial charge in [-0.1, -0.05) is 0 Å². The SMILES string of the molecule is Nc1nc(-c2cc(F)ccc2F)cn1N. The minimum absolute atomic E-state index is 0.0332. The number of anilines is 1. The maximum absolute atomic E-state index is 13.3. The average Bonchev–Trinajstić information content (AvgIpc) is 2.51. The van der Waals surface area contributed by atoms with Crippen LogP contribution in [0.2, 0.25) is 0 Å². The van der Waals surface area contributed by atoms with E-state index in [0.29, 0.717) is 0 Å². The highest BCUT2D eigenvalue weighted by Gasteiger charge is 2.10. The number of imidazole rings is 1. The summed E-state index contributed by atoms with van der Waals surface area (Å²) in [4.78, 5) is 3.79. The molecule has 15 heavy (non-hydrogen) atoms. The molecule has 0 saturated carbocycles. The lowest BCUT2D eigenvalue weighted by atomic mass is 10.1. The van der Waals surface area contributed by atoms with E-state index in [1.807, 2.05) is 0 Å². The minimum atomic E-state index is -0.575. The lowest BCUT2D eigenvalue weighted by Crippen LogP contribution is -2.09. The van der Waals surface area contributed by atoms with E-state index in [4.69, 9.17) is 11.6 Å². The Balaban J connectivity index is 2.58. The Morgan fingerprint density at radius 1 is 1.27 bits per heavy atom. The highest BCUT2D eigenvalue weighted by molar-refractivity contribution is 5.61. The van der Waals surface area contributed by atoms with Gasteiger partial charge in [0, 0.05) is 5.56 Å². The van der Waals surface area contributed by atoms with E-state index in [1.165, 1.54) is 6.20 Å². The molecule has 2 rings (SSSR count). The molecule has 0 spiro atoms. The fraction of sp³-hybridized carbons (Fsp3) is 0. The van der Waals surface area contributed by atoms with Crippen LogP contribution in [0.5, 0.6) is 0 Å². The first-order chi connectivity index (χ1) is 7.08. The van der Waals surface area contributed by atoms with Crippen molar-refractivity contribution in [1.29, 1.82) is 0 Å². The molecule has 6 heteroatoms. The van der Waals surface area contributed by atoms with Gasteiger partial charge in [0.2, 0.25) is 5.95 Å². The molecular weight excluding hydrogens is 202 g/mol. The monoisotopic (exact) mass is 210 g/mol. The standard InChI is InChI=1S/C9H8F2N4/c10-5-1-2-7(11)6(3-5)8-4-15(13)9(12)14-8/h1-4H,13H2,(H2,12,14). The summed E-state index contributed by atoms with van der Waals surface area (Å²) in [6.45, 7) is 0. The number of hydrogen-bond acceptors (Lipinski definition) is 3. The summed E-state index contributed by atoms with van der Waals surface area (Å²) in [6.07, 6.45) is 1.33. The average molecular weight is 210 g/mol. The third-order valence-corrected chi connectivity index (χ3v) is 1.97. The van der Waals surface area contributed by atoms with Crippen LogP contribution in [0.25, 0.3) is 11.3 Å². The second-order valence-corrected chi connectivity index (χ2v) is 3.02. The van der Waals surface area contributed by atoms with Crippen LogP contribution >= 0.6 is 0 Å². The molecule has 0 amide bonds. The van der Waals surface area contributed by atoms with E-state index < -0.39 is 11.6 Å². The van der Waals surface area contributed by atoms with Crippen LogP contribution in [-0.4, -0.2) is 9.66 Å². The zero-order chi connectivity index (χ0) is 11.0. The smallest absolute Gasteiger partial charge is 0.219 e. The number of nitrogens with two attached hydrogens (primary N) is 2. The van der Waals surface area contributed by atoms with Gasteiger partial charge >= 0.3 is 0 Å². The van der Waals surface area contributed by atoms with E-state index in [9.17, 15) is 8.78 Å². The van der Waals surface area contributed by atoms with Crippen LogP contribution < -0.4 is 11.6 Å². The van der Waals surface area contributed by atoms with E-state index in [-0.39, 0.29) is 17.2 Å². The zero-order valence-electron chi connectivity index (χ0n) is 7.61. The predicted octanol–water partition coefficient (Wildman–Crippen LogP) is 1.12. The molecule has 0 fully saturated rings. The molecule has 1 aromatic heterocycles. The molecule has 4 N–H and O–H groups in total. The van der Waals surface area contributed by atoms with E-state index in [1.54, 1.807) is 0 Å². The van der Waals surface area contributed by atoms with E-state index >= 15 is 0 Å². The summed E-state index contributed by atoms with van der Waals surface area (Å²) in [5, 5.41) is 0. The Hall–Kier alpha value is -2.11. The Bertz CT molecular complexity index is 487. The van der Waals surface area contributed by atoms with Crippen molar-refractivity contribution >= 4 is 5.95 Å². The van der Waals surface area contributed by atoms with Crippen molar-refractivity contribution in [3.8, 4) is 11.3 Å². The first-order valence-corrected chi connectivity index (χ1v) is 4.13. The first-order valence-electron chi connectivity index (χ1n) is 4.13. The van der Waals surface area contributed by atoms with Gasteiger partial charge in [0.15, 0.2) is 0 Å². The van der Waals surface area contributed by atoms with Crippen molar-refractivity contribution in [3.63, 3.8) is 0 Å². The van der Waals surface area contributed by atoms with Crippen molar-refractivity contribution in [2.45, 2.75) is 0 Å². The third kappa shape index (κ3) is 1.61. The Morgan fingerprint density at radius 2 is 2.00 bits per heavy atom. The fourth-order valence-corrected chi connectivity index (χ4v) is 1.23. The molecule has 4 nitrogen and oxygen atoms in total. The lowest BCUT2D eigenvalue weighted by Gasteiger charge is -1.98. The van der Waals surface area contributed by atoms with E-state index in [2.05, 4.69) is 4.98 Å². The van der Waals surface area contributed by atoms with Crippen LogP contribution in [0.1, 0.15) is 0 Å². The third-order valence-electron chi connectivity index (χ3n) is 1.97. The molecule has 0 radical (unpaired) electrons. The second kappa shape index (κ2) is 3.23. The highest BCUT2D eigenvalue weighted by atomic mass is 19.1. The Morgan fingerprint density at radius 3 is 2.60 bits per heavy atom. The van der Waals surface area contributed by atoms with Crippen molar-refractivity contribution in [2.24, 2.45) is 0 Å². The van der Waals surface area contributed by atoms with Gasteiger partial charge in [-0.15, -0.1) is 0 Å². The number of hydrogen-bond donors (Lipinski definition) is 2. The molecule has 0 unspecified atom stereocenters. The minimum Gasteiger partial charge on any atom is -0.368 e. The van der Waals surface area contributed by atoms with Crippen LogP contribution in [-0.2, 0) is 0 Å². The van der Waals surface area contributed by atoms with Crippen LogP contribution in [0, 0.1) is 11.6 Å². The summed E-state index contributed by atoms with van der Waals surface area (Å²) < 4.78 is 27.2. The number of aromatic nitrogens is 2. The molecule has 0 aliphatic carbocycles. The molecule has 1 aromatic carbocycles. The van der Waals surface area contributed by atoms with Gasteiger partial charge in [-0.3, -0.25) is 0 Å². The van der Waals surface area contributed by atoms with Crippen LogP contribution in [0.4, 0.5) is 14.7 Å². The molecule has 2 aromatic rings. The van der Waals surface area contributed by atoms with Crippen molar-refractivity contribution in [2.75, 3.05) is 11.6 Å². The summed E-state index contributed by atoms with van der Waals surface area (Å²) in [7, 11) is 0. The zero-order valence-corrected chi connectivity index (χ0v) is 7.61. The van der Waals surface area contributed by atoms with Gasteiger partial charge < -0.3 is 11.6 Å². The molecule has 1 heterocycles. The largest absolute Gasteiger partial charge is 0.368 e. The maximum atomic E-state index is 13.3. The van der Waals surface area contributed by atoms with Gasteiger partial charge in [-0.2, -0.15) is 0 Å². The first kappa shape index (κ1) is 9.45. The number of rotatable bonds is 1. The molecule has 0 bridgehead atoms. The van der Waals surface area contributed by atoms with Crippen LogP contribution in [0.15, 0.2) is 24.4 Å². The number of benzene rings is 1. The molecule has 0 aliphatic rings. The second-order valence-electron chi connectivity index (χ2n) is 3.02. The summed E-state index contributed by atoms with van der Waals surface area (Å²) in [6, 6.07) is 3.09. The fourth-order valence-electron chi connectivity index (χ4n) is 1.23. The van der Waals surface area contributed by atoms with Gasteiger partial charge in [-0.25, -0.2) is 18.4 Å². The molecule has 0 aliphatic heterocycles. The Labute approximate surface area is 84.1 Å². The van der Waals surface area contributed by atoms with Gasteiger partial charge in [-0.05, 0) is 18.2 Å². The van der Waals surface area contributed by atoms with Crippen molar-refractivity contribution in [1.82, 2.24) is 9.66 Å². The number of nitrogen functional groups attached to an aromatic ring is 2. The van der Waals surface area contributed by atoms with Crippen LogP contribution in [0.3, 0.4) is 0 Å². The predicted molar refractivity (Wildman–Crippen MR) is 52.1 cm³/mol. The summed E-state index contributed by atoms with van der Waals surface area (Å²) >= 11 is 0. The van der Waals surface area contributed by atoms with Crippen molar-refractivity contribution in [3.05, 3.63) is 36.0 Å². The highest BCUT2D eigenvalue weighted by Crippen LogP contribution is 2.22. The molecule has 0 saturated heterocycles. The topological polar surface area (TPSA) is 69.9 Å². The Kier molecular flexibility index (Phi) is 2.03. The summed E-state index contributed by atoms with van der Waals surface area (Å²) in [5.74, 6) is 4.30. The number of halogens is 2. The molecule has 0 atom stereocenters. The van der Waals surface area contributed by atoms with Gasteiger partial charge in [0.05, 0.1) is 11.9 Å². The quantitative estimate of drug-likeness (QED) is 0.693. The molecular formula is C9H8F2N4. The molecule has 78 valence electrons.